The highest BCUT2D eigenvalue weighted by molar-refractivity contribution is 7.91. The number of likely N-dealkylation sites (N-methyl/N-ethyl adjacent to an activating group) is 1. The fourth-order valence-corrected chi connectivity index (χ4v) is 2.60. The van der Waals surface area contributed by atoms with E-state index in [0.29, 0.717) is 12.0 Å². The molecule has 1 aromatic carbocycles. The largest absolute Gasteiger partial charge is 0.310 e. The minimum atomic E-state index is -3.20. The van der Waals surface area contributed by atoms with Gasteiger partial charge in [-0.3, -0.25) is 4.79 Å². The summed E-state index contributed by atoms with van der Waals surface area (Å²) in [4.78, 5) is 12.3. The van der Waals surface area contributed by atoms with Gasteiger partial charge < -0.3 is 5.32 Å². The molecule has 1 atom stereocenters. The first kappa shape index (κ1) is 14.9. The van der Waals surface area contributed by atoms with Crippen LogP contribution in [-0.2, 0) is 9.84 Å². The predicted octanol–water partition coefficient (Wildman–Crippen LogP) is 1.66. The molecule has 18 heavy (non-hydrogen) atoms. The van der Waals surface area contributed by atoms with Crippen molar-refractivity contribution >= 4 is 15.6 Å². The van der Waals surface area contributed by atoms with Crippen molar-refractivity contribution in [1.82, 2.24) is 5.32 Å². The van der Waals surface area contributed by atoms with Crippen molar-refractivity contribution < 1.29 is 13.2 Å². The van der Waals surface area contributed by atoms with E-state index in [0.717, 1.165) is 0 Å². The molecule has 100 valence electrons. The number of ketones is 1. The van der Waals surface area contributed by atoms with Crippen LogP contribution >= 0.6 is 0 Å². The van der Waals surface area contributed by atoms with E-state index in [1.54, 1.807) is 26.1 Å². The molecule has 0 aromatic heterocycles. The van der Waals surface area contributed by atoms with Crippen LogP contribution in [0.25, 0.3) is 0 Å². The minimum Gasteiger partial charge on any atom is -0.310 e. The number of hydrogen-bond acceptors (Lipinski definition) is 4. The van der Waals surface area contributed by atoms with Crippen LogP contribution in [0, 0.1) is 0 Å². The molecule has 0 aliphatic heterocycles. The van der Waals surface area contributed by atoms with Crippen molar-refractivity contribution in [3.05, 3.63) is 29.8 Å². The molecule has 1 unspecified atom stereocenters. The van der Waals surface area contributed by atoms with Crippen LogP contribution in [0.3, 0.4) is 0 Å². The summed E-state index contributed by atoms with van der Waals surface area (Å²) in [6.07, 6.45) is 0.699. The molecule has 1 aromatic rings. The number of Topliss-reactive ketones (excluding diaryl/α,β-unsaturated/α-hetero) is 1. The average molecular weight is 269 g/mol. The normalized spacial score (nSPS) is 13.3. The molecule has 0 spiro atoms. The Hall–Kier alpha value is -1.20. The summed E-state index contributed by atoms with van der Waals surface area (Å²) in [6.45, 7) is 3.53. The van der Waals surface area contributed by atoms with Crippen LogP contribution in [0.4, 0.5) is 0 Å². The molecule has 0 heterocycles. The highest BCUT2D eigenvalue weighted by atomic mass is 32.2. The van der Waals surface area contributed by atoms with Crippen molar-refractivity contribution in [3.8, 4) is 0 Å². The minimum absolute atomic E-state index is 0.0135. The maximum absolute atomic E-state index is 12.0. The molecule has 0 saturated carbocycles. The Morgan fingerprint density at radius 2 is 1.78 bits per heavy atom. The summed E-state index contributed by atoms with van der Waals surface area (Å²) in [6, 6.07) is 5.91. The molecular formula is C13H19NO3S. The third kappa shape index (κ3) is 3.17. The molecule has 0 aliphatic carbocycles. The van der Waals surface area contributed by atoms with Crippen LogP contribution in [0.15, 0.2) is 29.2 Å². The van der Waals surface area contributed by atoms with E-state index in [9.17, 15) is 13.2 Å². The number of carbonyl (C=O) groups excluding carboxylic acids is 1. The molecule has 4 nitrogen and oxygen atoms in total. The van der Waals surface area contributed by atoms with Crippen molar-refractivity contribution in [2.24, 2.45) is 0 Å². The van der Waals surface area contributed by atoms with Gasteiger partial charge in [-0.1, -0.05) is 26.0 Å². The number of nitrogens with one attached hydrogen (secondary N) is 1. The fraction of sp³-hybridized carbons (Fsp3) is 0.462. The second-order valence-electron chi connectivity index (χ2n) is 4.04. The highest BCUT2D eigenvalue weighted by Gasteiger charge is 2.17. The maximum atomic E-state index is 12.0. The predicted molar refractivity (Wildman–Crippen MR) is 71.6 cm³/mol. The quantitative estimate of drug-likeness (QED) is 0.798. The molecule has 0 fully saturated rings. The molecule has 1 rings (SSSR count). The number of sulfone groups is 1. The lowest BCUT2D eigenvalue weighted by atomic mass is 10.0. The van der Waals surface area contributed by atoms with Crippen molar-refractivity contribution in [2.45, 2.75) is 31.2 Å². The fourth-order valence-electron chi connectivity index (χ4n) is 1.72. The van der Waals surface area contributed by atoms with Crippen molar-refractivity contribution in [1.29, 1.82) is 0 Å². The Morgan fingerprint density at radius 3 is 2.17 bits per heavy atom. The Balaban J connectivity index is 3.00. The average Bonchev–Trinajstić information content (AvgIpc) is 2.40. The van der Waals surface area contributed by atoms with E-state index in [4.69, 9.17) is 0 Å². The van der Waals surface area contributed by atoms with Crippen molar-refractivity contribution in [2.75, 3.05) is 12.8 Å². The van der Waals surface area contributed by atoms with E-state index in [1.165, 1.54) is 12.1 Å². The summed E-state index contributed by atoms with van der Waals surface area (Å²) >= 11 is 0. The maximum Gasteiger partial charge on any atom is 0.179 e. The van der Waals surface area contributed by atoms with Gasteiger partial charge in [0.15, 0.2) is 15.6 Å². The number of hydrogen-bond donors (Lipinski definition) is 1. The first-order valence-electron chi connectivity index (χ1n) is 6.00. The van der Waals surface area contributed by atoms with Crippen LogP contribution in [0.2, 0.25) is 0 Å². The number of benzene rings is 1. The zero-order valence-electron chi connectivity index (χ0n) is 10.9. The van der Waals surface area contributed by atoms with Crippen LogP contribution in [0.1, 0.15) is 30.6 Å². The van der Waals surface area contributed by atoms with Gasteiger partial charge in [-0.25, -0.2) is 8.42 Å². The van der Waals surface area contributed by atoms with Crippen LogP contribution in [0.5, 0.6) is 0 Å². The van der Waals surface area contributed by atoms with Crippen LogP contribution < -0.4 is 5.32 Å². The van der Waals surface area contributed by atoms with E-state index in [2.05, 4.69) is 5.32 Å². The molecule has 0 amide bonds. The topological polar surface area (TPSA) is 63.2 Å². The lowest BCUT2D eigenvalue weighted by Crippen LogP contribution is -2.33. The van der Waals surface area contributed by atoms with Gasteiger partial charge in [0.25, 0.3) is 0 Å². The molecule has 0 radical (unpaired) electrons. The second-order valence-corrected chi connectivity index (χ2v) is 6.32. The molecular weight excluding hydrogens is 250 g/mol. The van der Waals surface area contributed by atoms with Gasteiger partial charge in [0.1, 0.15) is 0 Å². The van der Waals surface area contributed by atoms with Crippen LogP contribution in [-0.4, -0.2) is 33.0 Å². The smallest absolute Gasteiger partial charge is 0.179 e. The van der Waals surface area contributed by atoms with Gasteiger partial charge in [0.2, 0.25) is 0 Å². The number of carbonyl (C=O) groups is 1. The Kier molecular flexibility index (Phi) is 5.04. The Bertz CT molecular complexity index is 502. The van der Waals surface area contributed by atoms with E-state index in [-0.39, 0.29) is 22.5 Å². The first-order chi connectivity index (χ1) is 8.46. The lowest BCUT2D eigenvalue weighted by Gasteiger charge is -2.12. The summed E-state index contributed by atoms with van der Waals surface area (Å²) in [5.41, 5.74) is 0.534. The van der Waals surface area contributed by atoms with Gasteiger partial charge in [0, 0.05) is 5.56 Å². The highest BCUT2D eigenvalue weighted by Crippen LogP contribution is 2.14. The lowest BCUT2D eigenvalue weighted by molar-refractivity contribution is 0.0945. The third-order valence-corrected chi connectivity index (χ3v) is 4.70. The summed E-state index contributed by atoms with van der Waals surface area (Å²) in [5.74, 6) is 0.0504. The first-order valence-corrected chi connectivity index (χ1v) is 7.65. The number of rotatable bonds is 6. The van der Waals surface area contributed by atoms with E-state index < -0.39 is 9.84 Å². The second kappa shape index (κ2) is 6.11. The zero-order valence-corrected chi connectivity index (χ0v) is 11.8. The third-order valence-electron chi connectivity index (χ3n) is 2.95. The SMILES string of the molecule is CCC(NC)C(=O)c1ccc(S(=O)(=O)CC)cc1. The summed E-state index contributed by atoms with van der Waals surface area (Å²) < 4.78 is 23.3. The molecule has 5 heteroatoms. The van der Waals surface area contributed by atoms with Gasteiger partial charge in [-0.05, 0) is 25.6 Å². The zero-order chi connectivity index (χ0) is 13.8. The monoisotopic (exact) mass is 269 g/mol. The van der Waals surface area contributed by atoms with E-state index >= 15 is 0 Å². The van der Waals surface area contributed by atoms with Gasteiger partial charge in [0.05, 0.1) is 16.7 Å². The molecule has 0 aliphatic rings. The van der Waals surface area contributed by atoms with Gasteiger partial charge >= 0.3 is 0 Å². The Morgan fingerprint density at radius 1 is 1.22 bits per heavy atom. The molecule has 0 bridgehead atoms. The summed E-state index contributed by atoms with van der Waals surface area (Å²) in [7, 11) is -1.46. The Labute approximate surface area is 108 Å². The van der Waals surface area contributed by atoms with Crippen molar-refractivity contribution in [3.63, 3.8) is 0 Å². The van der Waals surface area contributed by atoms with Gasteiger partial charge in [-0.2, -0.15) is 0 Å². The molecule has 1 N–H and O–H groups in total. The van der Waals surface area contributed by atoms with Gasteiger partial charge in [-0.15, -0.1) is 0 Å². The molecule has 0 saturated heterocycles. The standard InChI is InChI=1S/C13H19NO3S/c1-4-12(14-3)13(15)10-6-8-11(9-7-10)18(16,17)5-2/h6-9,12,14H,4-5H2,1-3H3. The summed E-state index contributed by atoms with van der Waals surface area (Å²) in [5, 5.41) is 2.94. The van der Waals surface area contributed by atoms with E-state index in [1.807, 2.05) is 6.92 Å².